The number of hydrogen-bond donors (Lipinski definition) is 1. The molecule has 0 aliphatic carbocycles. The van der Waals surface area contributed by atoms with Crippen molar-refractivity contribution in [2.24, 2.45) is 0 Å². The Morgan fingerprint density at radius 1 is 1.36 bits per heavy atom. The smallest absolute Gasteiger partial charge is 0.231 e. The van der Waals surface area contributed by atoms with Gasteiger partial charge in [-0.3, -0.25) is 0 Å². The molecule has 3 nitrogen and oxygen atoms in total. The van der Waals surface area contributed by atoms with Gasteiger partial charge in [-0.1, -0.05) is 12.2 Å². The first kappa shape index (κ1) is 9.27. The molecule has 0 unspecified atom stereocenters. The molecule has 14 heavy (non-hydrogen) atoms. The van der Waals surface area contributed by atoms with Crippen molar-refractivity contribution in [2.45, 2.75) is 6.92 Å². The molecule has 0 amide bonds. The van der Waals surface area contributed by atoms with E-state index in [1.165, 1.54) is 0 Å². The van der Waals surface area contributed by atoms with Crippen molar-refractivity contribution in [1.29, 1.82) is 0 Å². The Hall–Kier alpha value is -1.29. The van der Waals surface area contributed by atoms with Crippen LogP contribution in [-0.2, 0) is 0 Å². The maximum atomic E-state index is 5.28. The molecule has 1 aliphatic heterocycles. The number of nitrogens with one attached hydrogen (secondary N) is 1. The number of rotatable bonds is 1. The summed E-state index contributed by atoms with van der Waals surface area (Å²) in [5.74, 6) is 1.56. The topological polar surface area (TPSA) is 30.5 Å². The predicted octanol–water partition coefficient (Wildman–Crippen LogP) is 1.62. The highest BCUT2D eigenvalue weighted by Gasteiger charge is 2.16. The molecular formula is C10H11NO2S. The highest BCUT2D eigenvalue weighted by atomic mass is 32.1. The van der Waals surface area contributed by atoms with Crippen molar-refractivity contribution in [3.63, 3.8) is 0 Å². The van der Waals surface area contributed by atoms with Crippen LogP contribution in [-0.4, -0.2) is 18.8 Å². The fourth-order valence-corrected chi connectivity index (χ4v) is 1.64. The van der Waals surface area contributed by atoms with Crippen molar-refractivity contribution >= 4 is 17.2 Å². The van der Waals surface area contributed by atoms with Gasteiger partial charge >= 0.3 is 0 Å². The molecule has 0 atom stereocenters. The van der Waals surface area contributed by atoms with Crippen LogP contribution in [0.25, 0.3) is 0 Å². The van der Waals surface area contributed by atoms with Crippen LogP contribution in [0.2, 0.25) is 0 Å². The number of hydrogen-bond acceptors (Lipinski definition) is 3. The Kier molecular flexibility index (Phi) is 2.29. The number of thiocarbonyl (C=S) groups is 1. The molecule has 0 spiro atoms. The third kappa shape index (κ3) is 1.42. The second-order valence-corrected chi connectivity index (χ2v) is 3.51. The minimum atomic E-state index is 0.296. The zero-order chi connectivity index (χ0) is 10.1. The van der Waals surface area contributed by atoms with Gasteiger partial charge in [-0.2, -0.15) is 0 Å². The maximum Gasteiger partial charge on any atom is 0.231 e. The fourth-order valence-electron chi connectivity index (χ4n) is 1.42. The molecule has 4 heteroatoms. The third-order valence-corrected chi connectivity index (χ3v) is 2.62. The van der Waals surface area contributed by atoms with Crippen LogP contribution in [0.5, 0.6) is 11.5 Å². The van der Waals surface area contributed by atoms with Crippen LogP contribution in [0.1, 0.15) is 11.1 Å². The third-order valence-electron chi connectivity index (χ3n) is 2.19. The molecule has 0 saturated heterocycles. The van der Waals surface area contributed by atoms with Gasteiger partial charge in [0.25, 0.3) is 0 Å². The SMILES string of the molecule is CNC(=S)c1cc2c(cc1C)OCO2. The van der Waals surface area contributed by atoms with E-state index in [1.54, 1.807) is 0 Å². The number of fused-ring (bicyclic) bond motifs is 1. The molecule has 74 valence electrons. The zero-order valence-electron chi connectivity index (χ0n) is 8.09. The molecule has 0 fully saturated rings. The minimum Gasteiger partial charge on any atom is -0.454 e. The van der Waals surface area contributed by atoms with E-state index in [1.807, 2.05) is 26.1 Å². The van der Waals surface area contributed by atoms with Crippen molar-refractivity contribution < 1.29 is 9.47 Å². The quantitative estimate of drug-likeness (QED) is 0.712. The summed E-state index contributed by atoms with van der Waals surface area (Å²) in [4.78, 5) is 0.723. The van der Waals surface area contributed by atoms with Crippen molar-refractivity contribution in [3.8, 4) is 11.5 Å². The van der Waals surface area contributed by atoms with Crippen molar-refractivity contribution in [3.05, 3.63) is 23.3 Å². The van der Waals surface area contributed by atoms with E-state index in [0.717, 1.165) is 27.6 Å². The Balaban J connectivity index is 2.47. The fraction of sp³-hybridized carbons (Fsp3) is 0.300. The lowest BCUT2D eigenvalue weighted by atomic mass is 10.1. The van der Waals surface area contributed by atoms with Crippen LogP contribution < -0.4 is 14.8 Å². The molecule has 1 aliphatic rings. The largest absolute Gasteiger partial charge is 0.454 e. The van der Waals surface area contributed by atoms with Crippen LogP contribution in [0.4, 0.5) is 0 Å². The van der Waals surface area contributed by atoms with E-state index in [-0.39, 0.29) is 0 Å². The standard InChI is InChI=1S/C10H11NO2S/c1-6-3-8-9(13-5-12-8)4-7(6)10(14)11-2/h3-4H,5H2,1-2H3,(H,11,14). The predicted molar refractivity (Wildman–Crippen MR) is 58.1 cm³/mol. The molecule has 0 saturated carbocycles. The lowest BCUT2D eigenvalue weighted by Crippen LogP contribution is -2.17. The van der Waals surface area contributed by atoms with Gasteiger partial charge in [0.1, 0.15) is 4.99 Å². The summed E-state index contributed by atoms with van der Waals surface area (Å²) in [6.45, 7) is 2.30. The summed E-state index contributed by atoms with van der Waals surface area (Å²) in [5.41, 5.74) is 2.08. The molecule has 1 aromatic carbocycles. The summed E-state index contributed by atoms with van der Waals surface area (Å²) in [7, 11) is 1.81. The minimum absolute atomic E-state index is 0.296. The molecule has 1 N–H and O–H groups in total. The second kappa shape index (κ2) is 3.46. The second-order valence-electron chi connectivity index (χ2n) is 3.10. The first-order chi connectivity index (χ1) is 6.72. The van der Waals surface area contributed by atoms with Gasteiger partial charge in [0.05, 0.1) is 0 Å². The van der Waals surface area contributed by atoms with Crippen LogP contribution in [0.3, 0.4) is 0 Å². The molecule has 0 bridgehead atoms. The average Bonchev–Trinajstić information content (AvgIpc) is 2.62. The molecule has 0 aromatic heterocycles. The first-order valence-electron chi connectivity index (χ1n) is 4.34. The first-order valence-corrected chi connectivity index (χ1v) is 4.75. The normalized spacial score (nSPS) is 12.7. The van der Waals surface area contributed by atoms with Gasteiger partial charge in [0, 0.05) is 12.6 Å². The molecule has 2 rings (SSSR count). The van der Waals surface area contributed by atoms with Gasteiger partial charge in [0.15, 0.2) is 11.5 Å². The highest BCUT2D eigenvalue weighted by molar-refractivity contribution is 7.80. The van der Waals surface area contributed by atoms with E-state index < -0.39 is 0 Å². The van der Waals surface area contributed by atoms with Gasteiger partial charge in [-0.25, -0.2) is 0 Å². The lowest BCUT2D eigenvalue weighted by molar-refractivity contribution is 0.174. The van der Waals surface area contributed by atoms with Crippen LogP contribution >= 0.6 is 12.2 Å². The maximum absolute atomic E-state index is 5.28. The van der Waals surface area contributed by atoms with Crippen molar-refractivity contribution in [2.75, 3.05) is 13.8 Å². The average molecular weight is 209 g/mol. The van der Waals surface area contributed by atoms with Crippen LogP contribution in [0, 0.1) is 6.92 Å². The van der Waals surface area contributed by atoms with Gasteiger partial charge in [-0.15, -0.1) is 0 Å². The van der Waals surface area contributed by atoms with E-state index in [2.05, 4.69) is 5.32 Å². The zero-order valence-corrected chi connectivity index (χ0v) is 8.90. The Bertz CT molecular complexity index is 390. The Labute approximate surface area is 88.0 Å². The van der Waals surface area contributed by atoms with Crippen molar-refractivity contribution in [1.82, 2.24) is 5.32 Å². The van der Waals surface area contributed by atoms with Gasteiger partial charge < -0.3 is 14.8 Å². The molecular weight excluding hydrogens is 198 g/mol. The Morgan fingerprint density at radius 3 is 2.64 bits per heavy atom. The Morgan fingerprint density at radius 2 is 2.00 bits per heavy atom. The number of aryl methyl sites for hydroxylation is 1. The summed E-state index contributed by atoms with van der Waals surface area (Å²) >= 11 is 5.17. The monoisotopic (exact) mass is 209 g/mol. The summed E-state index contributed by atoms with van der Waals surface area (Å²) in [6.07, 6.45) is 0. The summed E-state index contributed by atoms with van der Waals surface area (Å²) in [5, 5.41) is 2.95. The van der Waals surface area contributed by atoms with Gasteiger partial charge in [0.2, 0.25) is 6.79 Å². The van der Waals surface area contributed by atoms with E-state index >= 15 is 0 Å². The molecule has 1 heterocycles. The van der Waals surface area contributed by atoms with E-state index in [4.69, 9.17) is 21.7 Å². The molecule has 1 aromatic rings. The van der Waals surface area contributed by atoms with Gasteiger partial charge in [-0.05, 0) is 24.6 Å². The van der Waals surface area contributed by atoms with Crippen LogP contribution in [0.15, 0.2) is 12.1 Å². The molecule has 0 radical (unpaired) electrons. The number of benzene rings is 1. The summed E-state index contributed by atoms with van der Waals surface area (Å²) < 4.78 is 10.5. The highest BCUT2D eigenvalue weighted by Crippen LogP contribution is 2.34. The summed E-state index contributed by atoms with van der Waals surface area (Å²) in [6, 6.07) is 3.86. The number of ether oxygens (including phenoxy) is 2. The lowest BCUT2D eigenvalue weighted by Gasteiger charge is -2.07. The van der Waals surface area contributed by atoms with E-state index in [9.17, 15) is 0 Å². The van der Waals surface area contributed by atoms with E-state index in [0.29, 0.717) is 6.79 Å².